The van der Waals surface area contributed by atoms with E-state index in [-0.39, 0.29) is 60.5 Å². The molecule has 8 nitrogen and oxygen atoms in total. The van der Waals surface area contributed by atoms with Crippen molar-refractivity contribution >= 4 is 25.8 Å². The third-order valence-electron chi connectivity index (χ3n) is 8.58. The van der Waals surface area contributed by atoms with E-state index < -0.39 is 8.32 Å². The van der Waals surface area contributed by atoms with Gasteiger partial charge in [0.25, 0.3) is 0 Å². The molecule has 3 heterocycles. The number of amides is 2. The van der Waals surface area contributed by atoms with Crippen LogP contribution in [0.1, 0.15) is 51.0 Å². The Labute approximate surface area is 222 Å². The van der Waals surface area contributed by atoms with Crippen molar-refractivity contribution < 1.29 is 24.2 Å². The summed E-state index contributed by atoms with van der Waals surface area (Å²) in [6.07, 6.45) is 5.21. The molecule has 3 saturated heterocycles. The van der Waals surface area contributed by atoms with Crippen molar-refractivity contribution in [2.24, 2.45) is 11.8 Å². The molecule has 4 N–H and O–H groups in total. The number of benzene rings is 1. The smallest absolute Gasteiger partial charge is 0.228 e. The van der Waals surface area contributed by atoms with Gasteiger partial charge in [-0.3, -0.25) is 9.59 Å². The van der Waals surface area contributed by atoms with Crippen LogP contribution in [-0.2, 0) is 20.7 Å². The Morgan fingerprint density at radius 3 is 2.73 bits per heavy atom. The van der Waals surface area contributed by atoms with E-state index in [0.29, 0.717) is 6.54 Å². The van der Waals surface area contributed by atoms with Gasteiger partial charge in [-0.1, -0.05) is 19.1 Å². The van der Waals surface area contributed by atoms with Crippen LogP contribution in [0.25, 0.3) is 0 Å². The summed E-state index contributed by atoms with van der Waals surface area (Å²) in [5, 5.41) is 16.0. The monoisotopic (exact) mass is 531 g/mol. The number of aryl methyl sites for hydroxylation is 1. The summed E-state index contributed by atoms with van der Waals surface area (Å²) >= 11 is 0. The highest BCUT2D eigenvalue weighted by Crippen LogP contribution is 2.45. The Morgan fingerprint density at radius 1 is 1.22 bits per heavy atom. The highest BCUT2D eigenvalue weighted by atomic mass is 28.4. The van der Waals surface area contributed by atoms with Gasteiger partial charge in [0.15, 0.2) is 8.32 Å². The SMILES string of the molecule is C[C@@H]1[C@@H]([Si](C)(C)O)[C@H](CC(=O)N2CCC[C@H]2CO)O[C@@H]1CCc1cccc(NC(=O)C2CCCNC2)c1. The number of carbonyl (C=O) groups is 2. The predicted molar refractivity (Wildman–Crippen MR) is 147 cm³/mol. The van der Waals surface area contributed by atoms with Crippen LogP contribution < -0.4 is 10.6 Å². The van der Waals surface area contributed by atoms with Gasteiger partial charge in [0.2, 0.25) is 11.8 Å². The van der Waals surface area contributed by atoms with E-state index in [1.807, 2.05) is 31.3 Å². The molecule has 1 aromatic carbocycles. The fraction of sp³-hybridized carbons (Fsp3) is 0.714. The van der Waals surface area contributed by atoms with Crippen molar-refractivity contribution in [3.8, 4) is 0 Å². The van der Waals surface area contributed by atoms with Crippen LogP contribution in [0.2, 0.25) is 18.6 Å². The van der Waals surface area contributed by atoms with Gasteiger partial charge >= 0.3 is 0 Å². The summed E-state index contributed by atoms with van der Waals surface area (Å²) in [5.74, 6) is 0.262. The number of aliphatic hydroxyl groups excluding tert-OH is 1. The van der Waals surface area contributed by atoms with Crippen LogP contribution in [0.4, 0.5) is 5.69 Å². The first-order valence-corrected chi connectivity index (χ1v) is 17.1. The number of hydrogen-bond acceptors (Lipinski definition) is 6. The molecule has 0 aromatic heterocycles. The average molecular weight is 532 g/mol. The lowest BCUT2D eigenvalue weighted by molar-refractivity contribution is -0.135. The molecular weight excluding hydrogens is 486 g/mol. The minimum Gasteiger partial charge on any atom is -0.432 e. The van der Waals surface area contributed by atoms with Gasteiger partial charge in [-0.25, -0.2) is 0 Å². The van der Waals surface area contributed by atoms with Crippen molar-refractivity contribution in [1.82, 2.24) is 10.2 Å². The van der Waals surface area contributed by atoms with Crippen molar-refractivity contribution in [3.05, 3.63) is 29.8 Å². The van der Waals surface area contributed by atoms with Gasteiger partial charge < -0.3 is 30.2 Å². The molecule has 3 fully saturated rings. The normalized spacial score (nSPS) is 30.5. The third-order valence-corrected chi connectivity index (χ3v) is 11.1. The molecule has 0 bridgehead atoms. The van der Waals surface area contributed by atoms with E-state index in [4.69, 9.17) is 4.74 Å². The summed E-state index contributed by atoms with van der Waals surface area (Å²) in [5.41, 5.74) is 1.93. The van der Waals surface area contributed by atoms with Gasteiger partial charge in [0.05, 0.1) is 37.2 Å². The molecule has 6 atom stereocenters. The fourth-order valence-corrected chi connectivity index (χ4v) is 9.29. The van der Waals surface area contributed by atoms with Crippen molar-refractivity contribution in [3.63, 3.8) is 0 Å². The minimum absolute atomic E-state index is 0.00295. The summed E-state index contributed by atoms with van der Waals surface area (Å²) in [4.78, 5) is 38.7. The quantitative estimate of drug-likeness (QED) is 0.365. The Kier molecular flexibility index (Phi) is 9.45. The zero-order valence-corrected chi connectivity index (χ0v) is 23.6. The van der Waals surface area contributed by atoms with Crippen molar-refractivity contribution in [1.29, 1.82) is 0 Å². The highest BCUT2D eigenvalue weighted by Gasteiger charge is 2.50. The van der Waals surface area contributed by atoms with E-state index in [1.54, 1.807) is 4.90 Å². The summed E-state index contributed by atoms with van der Waals surface area (Å²) in [6.45, 7) is 8.42. The number of rotatable bonds is 9. The second-order valence-corrected chi connectivity index (χ2v) is 15.8. The Balaban J connectivity index is 1.36. The standard InChI is InChI=1S/C28H45N3O5Si/c1-19-24(12-11-20-7-4-9-22(15-20)30-28(34)21-8-5-13-29-17-21)36-25(27(19)37(2,3)35)16-26(33)31-14-6-10-23(31)18-32/h4,7,9,15,19,21,23-25,27,29,32,35H,5-6,8,10-14,16-18H2,1-3H3,(H,30,34)/t19-,21?,23-,24+,25-,27+/m0/s1. The lowest BCUT2D eigenvalue weighted by Gasteiger charge is -2.31. The summed E-state index contributed by atoms with van der Waals surface area (Å²) in [6, 6.07) is 7.93. The molecule has 3 aliphatic heterocycles. The molecule has 1 unspecified atom stereocenters. The number of carbonyl (C=O) groups excluding carboxylic acids is 2. The van der Waals surface area contributed by atoms with Crippen LogP contribution in [-0.4, -0.2) is 79.4 Å². The summed E-state index contributed by atoms with van der Waals surface area (Å²) in [7, 11) is -2.57. The molecule has 9 heteroatoms. The molecule has 2 amide bonds. The van der Waals surface area contributed by atoms with Crippen molar-refractivity contribution in [2.45, 2.75) is 88.8 Å². The second kappa shape index (κ2) is 12.4. The van der Waals surface area contributed by atoms with Crippen LogP contribution in [0.15, 0.2) is 24.3 Å². The fourth-order valence-electron chi connectivity index (χ4n) is 6.68. The molecular formula is C28H45N3O5Si. The van der Waals surface area contributed by atoms with E-state index in [0.717, 1.165) is 62.9 Å². The number of likely N-dealkylation sites (tertiary alicyclic amines) is 1. The molecule has 3 aliphatic rings. The van der Waals surface area contributed by atoms with Crippen molar-refractivity contribution in [2.75, 3.05) is 31.6 Å². The number of anilines is 1. The molecule has 0 saturated carbocycles. The van der Waals surface area contributed by atoms with E-state index in [1.165, 1.54) is 0 Å². The minimum atomic E-state index is -2.57. The van der Waals surface area contributed by atoms with Gasteiger partial charge in [0, 0.05) is 24.3 Å². The maximum Gasteiger partial charge on any atom is 0.228 e. The number of nitrogens with one attached hydrogen (secondary N) is 2. The van der Waals surface area contributed by atoms with E-state index in [2.05, 4.69) is 23.6 Å². The Bertz CT molecular complexity index is 933. The highest BCUT2D eigenvalue weighted by molar-refractivity contribution is 6.71. The molecule has 4 rings (SSSR count). The predicted octanol–water partition coefficient (Wildman–Crippen LogP) is 2.90. The zero-order chi connectivity index (χ0) is 26.6. The molecule has 0 radical (unpaired) electrons. The molecule has 0 aliphatic carbocycles. The molecule has 37 heavy (non-hydrogen) atoms. The van der Waals surface area contributed by atoms with Crippen LogP contribution in [0, 0.1) is 11.8 Å². The largest absolute Gasteiger partial charge is 0.432 e. The number of piperidine rings is 1. The van der Waals surface area contributed by atoms with Gasteiger partial charge in [-0.15, -0.1) is 0 Å². The maximum absolute atomic E-state index is 13.1. The van der Waals surface area contributed by atoms with Crippen LogP contribution >= 0.6 is 0 Å². The lowest BCUT2D eigenvalue weighted by Crippen LogP contribution is -2.43. The first-order chi connectivity index (χ1) is 17.7. The molecule has 206 valence electrons. The summed E-state index contributed by atoms with van der Waals surface area (Å²) < 4.78 is 6.50. The van der Waals surface area contributed by atoms with E-state index >= 15 is 0 Å². The number of aliphatic hydroxyl groups is 1. The van der Waals surface area contributed by atoms with E-state index in [9.17, 15) is 19.5 Å². The topological polar surface area (TPSA) is 111 Å². The van der Waals surface area contributed by atoms with Gasteiger partial charge in [-0.2, -0.15) is 0 Å². The maximum atomic E-state index is 13.1. The zero-order valence-electron chi connectivity index (χ0n) is 22.6. The first-order valence-electron chi connectivity index (χ1n) is 14.1. The molecule has 0 spiro atoms. The Hall–Kier alpha value is -1.78. The third kappa shape index (κ3) is 7.00. The first kappa shape index (κ1) is 28.2. The number of ether oxygens (including phenoxy) is 1. The number of nitrogens with zero attached hydrogens (tertiary/aromatic N) is 1. The number of hydrogen-bond donors (Lipinski definition) is 4. The lowest BCUT2D eigenvalue weighted by atomic mass is 9.95. The second-order valence-electron chi connectivity index (χ2n) is 11.8. The van der Waals surface area contributed by atoms with Gasteiger partial charge in [-0.05, 0) is 81.8 Å². The van der Waals surface area contributed by atoms with Gasteiger partial charge in [0.1, 0.15) is 0 Å². The molecule has 1 aromatic rings. The average Bonchev–Trinajstić information content (AvgIpc) is 3.47. The van der Waals surface area contributed by atoms with Crippen LogP contribution in [0.3, 0.4) is 0 Å². The van der Waals surface area contributed by atoms with Crippen LogP contribution in [0.5, 0.6) is 0 Å². The Morgan fingerprint density at radius 2 is 2.03 bits per heavy atom.